The van der Waals surface area contributed by atoms with E-state index in [2.05, 4.69) is 0 Å². The van der Waals surface area contributed by atoms with Gasteiger partial charge in [-0.15, -0.1) is 0 Å². The maximum absolute atomic E-state index is 9.22. The third-order valence-electron chi connectivity index (χ3n) is 2.36. The first-order valence-corrected chi connectivity index (χ1v) is 6.39. The van der Waals surface area contributed by atoms with Crippen molar-refractivity contribution in [3.63, 3.8) is 0 Å². The molecule has 5 nitrogen and oxygen atoms in total. The smallest absolute Gasteiger partial charge is 0.189 e. The quantitative estimate of drug-likeness (QED) is 0.521. The van der Waals surface area contributed by atoms with Crippen LogP contribution in [0.1, 0.15) is 25.0 Å². The molecular formula is C14H22O5. The van der Waals surface area contributed by atoms with Gasteiger partial charge in [0.2, 0.25) is 0 Å². The molecule has 0 radical (unpaired) electrons. The number of hydrogen-bond acceptors (Lipinski definition) is 5. The molecule has 0 saturated heterocycles. The molecule has 0 aliphatic carbocycles. The van der Waals surface area contributed by atoms with E-state index in [4.69, 9.17) is 18.9 Å². The van der Waals surface area contributed by atoms with Crippen LogP contribution in [0, 0.1) is 0 Å². The first kappa shape index (κ1) is 15.9. The fourth-order valence-corrected chi connectivity index (χ4v) is 1.48. The van der Waals surface area contributed by atoms with Crippen molar-refractivity contribution in [3.05, 3.63) is 29.3 Å². The Morgan fingerprint density at radius 1 is 0.895 bits per heavy atom. The average molecular weight is 270 g/mol. The summed E-state index contributed by atoms with van der Waals surface area (Å²) in [4.78, 5) is 0. The van der Waals surface area contributed by atoms with E-state index in [-0.39, 0.29) is 20.2 Å². The number of rotatable bonds is 10. The van der Waals surface area contributed by atoms with Crippen LogP contribution in [0.4, 0.5) is 0 Å². The maximum atomic E-state index is 9.22. The Bertz CT molecular complexity index is 354. The summed E-state index contributed by atoms with van der Waals surface area (Å²) in [7, 11) is 0. The lowest BCUT2D eigenvalue weighted by atomic mass is 10.1. The van der Waals surface area contributed by atoms with Crippen LogP contribution in [0.15, 0.2) is 18.2 Å². The molecule has 1 N–H and O–H groups in total. The van der Waals surface area contributed by atoms with Crippen LogP contribution >= 0.6 is 0 Å². The Labute approximate surface area is 114 Å². The predicted octanol–water partition coefficient (Wildman–Crippen LogP) is 2.06. The summed E-state index contributed by atoms with van der Waals surface area (Å²) in [6, 6.07) is 5.52. The zero-order valence-electron chi connectivity index (χ0n) is 11.6. The van der Waals surface area contributed by atoms with Gasteiger partial charge in [0.1, 0.15) is 12.5 Å². The molecule has 0 amide bonds. The minimum Gasteiger partial charge on any atom is -0.468 e. The Hall–Kier alpha value is -1.14. The normalized spacial score (nSPS) is 10.7. The van der Waals surface area contributed by atoms with E-state index in [1.807, 2.05) is 26.0 Å². The van der Waals surface area contributed by atoms with E-state index < -0.39 is 0 Å². The summed E-state index contributed by atoms with van der Waals surface area (Å²) in [5.41, 5.74) is 1.71. The number of aliphatic hydroxyl groups excluding tert-OH is 1. The fraction of sp³-hybridized carbons (Fsp3) is 0.571. The maximum Gasteiger partial charge on any atom is 0.189 e. The Balaban J connectivity index is 2.55. The largest absolute Gasteiger partial charge is 0.468 e. The summed E-state index contributed by atoms with van der Waals surface area (Å²) in [6.45, 7) is 5.88. The molecule has 0 heterocycles. The second kappa shape index (κ2) is 9.75. The van der Waals surface area contributed by atoms with E-state index in [1.54, 1.807) is 6.07 Å². The van der Waals surface area contributed by atoms with E-state index in [1.165, 1.54) is 0 Å². The van der Waals surface area contributed by atoms with Crippen LogP contribution in [-0.4, -0.2) is 31.9 Å². The molecule has 0 atom stereocenters. The van der Waals surface area contributed by atoms with Gasteiger partial charge in [0.25, 0.3) is 0 Å². The van der Waals surface area contributed by atoms with Crippen molar-refractivity contribution in [2.45, 2.75) is 27.1 Å². The molecule has 0 unspecified atom stereocenters. The first-order valence-electron chi connectivity index (χ1n) is 6.39. The minimum absolute atomic E-state index is 0.0374. The molecule has 0 fully saturated rings. The number of aliphatic hydroxyl groups is 1. The van der Waals surface area contributed by atoms with Crippen molar-refractivity contribution in [1.82, 2.24) is 0 Å². The number of benzene rings is 1. The van der Waals surface area contributed by atoms with Crippen LogP contribution in [-0.2, 0) is 27.4 Å². The van der Waals surface area contributed by atoms with E-state index in [0.29, 0.717) is 25.6 Å². The lowest BCUT2D eigenvalue weighted by Gasteiger charge is -2.10. The van der Waals surface area contributed by atoms with Crippen molar-refractivity contribution in [1.29, 1.82) is 0 Å². The highest BCUT2D eigenvalue weighted by molar-refractivity contribution is 5.33. The summed E-state index contributed by atoms with van der Waals surface area (Å²) in [5, 5.41) is 9.22. The van der Waals surface area contributed by atoms with Gasteiger partial charge in [0, 0.05) is 13.2 Å². The van der Waals surface area contributed by atoms with Gasteiger partial charge in [0.05, 0.1) is 13.2 Å². The van der Waals surface area contributed by atoms with E-state index in [0.717, 1.165) is 11.1 Å². The van der Waals surface area contributed by atoms with E-state index >= 15 is 0 Å². The van der Waals surface area contributed by atoms with Crippen LogP contribution < -0.4 is 4.74 Å². The van der Waals surface area contributed by atoms with Gasteiger partial charge in [-0.1, -0.05) is 6.07 Å². The molecule has 1 aromatic rings. The second-order valence-corrected chi connectivity index (χ2v) is 3.86. The average Bonchev–Trinajstić information content (AvgIpc) is 2.44. The minimum atomic E-state index is -0.0374. The van der Waals surface area contributed by atoms with Gasteiger partial charge < -0.3 is 24.1 Å². The summed E-state index contributed by atoms with van der Waals surface area (Å²) < 4.78 is 21.0. The van der Waals surface area contributed by atoms with Crippen molar-refractivity contribution in [2.24, 2.45) is 0 Å². The van der Waals surface area contributed by atoms with Crippen LogP contribution in [0.3, 0.4) is 0 Å². The van der Waals surface area contributed by atoms with Crippen LogP contribution in [0.25, 0.3) is 0 Å². The Kier molecular flexibility index (Phi) is 8.16. The fourth-order valence-electron chi connectivity index (χ4n) is 1.48. The molecule has 1 rings (SSSR count). The van der Waals surface area contributed by atoms with Gasteiger partial charge in [-0.2, -0.15) is 0 Å². The Morgan fingerprint density at radius 2 is 1.58 bits per heavy atom. The molecule has 19 heavy (non-hydrogen) atoms. The molecule has 0 aliphatic rings. The lowest BCUT2D eigenvalue weighted by Crippen LogP contribution is -2.04. The third kappa shape index (κ3) is 6.54. The highest BCUT2D eigenvalue weighted by Gasteiger charge is 2.02. The number of hydrogen-bond donors (Lipinski definition) is 1. The van der Waals surface area contributed by atoms with Gasteiger partial charge >= 0.3 is 0 Å². The molecule has 0 aliphatic heterocycles. The van der Waals surface area contributed by atoms with Crippen LogP contribution in [0.2, 0.25) is 0 Å². The van der Waals surface area contributed by atoms with Gasteiger partial charge in [-0.3, -0.25) is 0 Å². The molecule has 5 heteroatoms. The van der Waals surface area contributed by atoms with E-state index in [9.17, 15) is 5.11 Å². The standard InChI is InChI=1S/C14H22O5/c1-3-16-10-18-9-13-5-12(8-15)6-14(7-13)19-11-17-4-2/h5-7,15H,3-4,8-11H2,1-2H3. The topological polar surface area (TPSA) is 57.2 Å². The molecule has 1 aromatic carbocycles. The lowest BCUT2D eigenvalue weighted by molar-refractivity contribution is -0.0572. The van der Waals surface area contributed by atoms with Crippen molar-refractivity contribution in [3.8, 4) is 5.75 Å². The van der Waals surface area contributed by atoms with Gasteiger partial charge in [-0.05, 0) is 37.1 Å². The summed E-state index contributed by atoms with van der Waals surface area (Å²) in [5.74, 6) is 0.662. The van der Waals surface area contributed by atoms with Crippen LogP contribution in [0.5, 0.6) is 5.75 Å². The van der Waals surface area contributed by atoms with Gasteiger partial charge in [0.15, 0.2) is 6.79 Å². The SMILES string of the molecule is CCOCOCc1cc(CO)cc(OCOCC)c1. The van der Waals surface area contributed by atoms with Crippen molar-refractivity contribution >= 4 is 0 Å². The molecule has 0 saturated carbocycles. The summed E-state index contributed by atoms with van der Waals surface area (Å²) in [6.07, 6.45) is 0. The van der Waals surface area contributed by atoms with Crippen molar-refractivity contribution < 1.29 is 24.1 Å². The second-order valence-electron chi connectivity index (χ2n) is 3.86. The highest BCUT2D eigenvalue weighted by atomic mass is 16.7. The zero-order chi connectivity index (χ0) is 13.9. The molecule has 108 valence electrons. The molecule has 0 bridgehead atoms. The third-order valence-corrected chi connectivity index (χ3v) is 2.36. The highest BCUT2D eigenvalue weighted by Crippen LogP contribution is 2.18. The first-order chi connectivity index (χ1) is 9.30. The predicted molar refractivity (Wildman–Crippen MR) is 70.8 cm³/mol. The Morgan fingerprint density at radius 3 is 2.26 bits per heavy atom. The molecule has 0 aromatic heterocycles. The monoisotopic (exact) mass is 270 g/mol. The molecular weight excluding hydrogens is 248 g/mol. The number of ether oxygens (including phenoxy) is 4. The zero-order valence-corrected chi connectivity index (χ0v) is 11.6. The molecule has 0 spiro atoms. The summed E-state index contributed by atoms with van der Waals surface area (Å²) >= 11 is 0. The van der Waals surface area contributed by atoms with Crippen molar-refractivity contribution in [2.75, 3.05) is 26.8 Å². The van der Waals surface area contributed by atoms with Gasteiger partial charge in [-0.25, -0.2) is 0 Å².